The third-order valence-electron chi connectivity index (χ3n) is 3.60. The first kappa shape index (κ1) is 15.4. The number of amides is 1. The lowest BCUT2D eigenvalue weighted by Gasteiger charge is -2.03. The molecule has 1 aromatic heterocycles. The van der Waals surface area contributed by atoms with Gasteiger partial charge in [0.05, 0.1) is 11.2 Å². The second-order valence-electron chi connectivity index (χ2n) is 5.17. The van der Waals surface area contributed by atoms with Gasteiger partial charge in [0.2, 0.25) is 0 Å². The van der Waals surface area contributed by atoms with Gasteiger partial charge in [-0.25, -0.2) is 0 Å². The Morgan fingerprint density at radius 1 is 1.26 bits per heavy atom. The third kappa shape index (κ3) is 3.03. The first-order chi connectivity index (χ1) is 11.1. The molecule has 1 unspecified atom stereocenters. The normalized spacial score (nSPS) is 12.3. The molecule has 0 fully saturated rings. The Hall–Kier alpha value is -2.47. The minimum Gasteiger partial charge on any atom is -0.352 e. The molecule has 1 atom stereocenters. The quantitative estimate of drug-likeness (QED) is 0.774. The first-order valence-corrected chi connectivity index (χ1v) is 8.86. The lowest BCUT2D eigenvalue weighted by atomic mass is 10.1. The fraction of sp³-hybridized carbons (Fsp3) is 0.176. The Morgan fingerprint density at radius 3 is 2.83 bits per heavy atom. The SMILES string of the molecule is CCNC(=O)c1ccc2c(-c3cccc(S(C)=O)c3)n[nH]c2c1. The Morgan fingerprint density at radius 2 is 2.09 bits per heavy atom. The molecular weight excluding hydrogens is 310 g/mol. The molecule has 0 bridgehead atoms. The van der Waals surface area contributed by atoms with Crippen LogP contribution in [0.25, 0.3) is 22.2 Å². The van der Waals surface area contributed by atoms with Crippen molar-refractivity contribution in [1.82, 2.24) is 15.5 Å². The van der Waals surface area contributed by atoms with Gasteiger partial charge in [-0.2, -0.15) is 5.10 Å². The molecule has 0 saturated heterocycles. The number of fused-ring (bicyclic) bond motifs is 1. The van der Waals surface area contributed by atoms with Gasteiger partial charge in [-0.05, 0) is 37.3 Å². The minimum atomic E-state index is -1.04. The Labute approximate surface area is 136 Å². The summed E-state index contributed by atoms with van der Waals surface area (Å²) in [5, 5.41) is 11.0. The van der Waals surface area contributed by atoms with Crippen molar-refractivity contribution in [2.45, 2.75) is 11.8 Å². The molecule has 118 valence electrons. The third-order valence-corrected chi connectivity index (χ3v) is 4.52. The molecule has 3 rings (SSSR count). The Bertz CT molecular complexity index is 902. The molecule has 1 heterocycles. The number of hydrogen-bond acceptors (Lipinski definition) is 3. The van der Waals surface area contributed by atoms with E-state index < -0.39 is 10.8 Å². The van der Waals surface area contributed by atoms with Gasteiger partial charge in [0, 0.05) is 45.0 Å². The van der Waals surface area contributed by atoms with Gasteiger partial charge in [-0.1, -0.05) is 12.1 Å². The highest BCUT2D eigenvalue weighted by molar-refractivity contribution is 7.84. The van der Waals surface area contributed by atoms with Gasteiger partial charge in [0.15, 0.2) is 0 Å². The number of carbonyl (C=O) groups is 1. The lowest BCUT2D eigenvalue weighted by Crippen LogP contribution is -2.22. The highest BCUT2D eigenvalue weighted by Crippen LogP contribution is 2.28. The molecule has 0 spiro atoms. The summed E-state index contributed by atoms with van der Waals surface area (Å²) in [4.78, 5) is 12.7. The van der Waals surface area contributed by atoms with Gasteiger partial charge >= 0.3 is 0 Å². The largest absolute Gasteiger partial charge is 0.352 e. The van der Waals surface area contributed by atoms with Crippen LogP contribution in [0.5, 0.6) is 0 Å². The van der Waals surface area contributed by atoms with E-state index in [1.807, 2.05) is 37.3 Å². The predicted molar refractivity (Wildman–Crippen MR) is 91.9 cm³/mol. The number of nitrogens with one attached hydrogen (secondary N) is 2. The molecule has 0 aliphatic carbocycles. The molecule has 5 nitrogen and oxygen atoms in total. The standard InChI is InChI=1S/C17H17N3O2S/c1-3-18-17(21)12-7-8-14-15(10-12)19-20-16(14)11-5-4-6-13(9-11)23(2)22/h4-10H,3H2,1-2H3,(H,18,21)(H,19,20). The predicted octanol–water partition coefficient (Wildman–Crippen LogP) is 2.72. The minimum absolute atomic E-state index is 0.103. The van der Waals surface area contributed by atoms with Crippen molar-refractivity contribution in [3.05, 3.63) is 48.0 Å². The average Bonchev–Trinajstić information content (AvgIpc) is 2.98. The van der Waals surface area contributed by atoms with Crippen molar-refractivity contribution >= 4 is 27.6 Å². The second-order valence-corrected chi connectivity index (χ2v) is 6.55. The van der Waals surface area contributed by atoms with Gasteiger partial charge < -0.3 is 5.32 Å². The van der Waals surface area contributed by atoms with Gasteiger partial charge in [-0.3, -0.25) is 14.1 Å². The van der Waals surface area contributed by atoms with Gasteiger partial charge in [-0.15, -0.1) is 0 Å². The summed E-state index contributed by atoms with van der Waals surface area (Å²) in [6, 6.07) is 13.0. The smallest absolute Gasteiger partial charge is 0.251 e. The number of carbonyl (C=O) groups excluding carboxylic acids is 1. The summed E-state index contributed by atoms with van der Waals surface area (Å²) in [5.41, 5.74) is 3.08. The van der Waals surface area contributed by atoms with Crippen LogP contribution in [0.3, 0.4) is 0 Å². The summed E-state index contributed by atoms with van der Waals surface area (Å²) < 4.78 is 11.7. The van der Waals surface area contributed by atoms with E-state index in [0.717, 1.165) is 27.1 Å². The number of hydrogen-bond donors (Lipinski definition) is 2. The molecule has 2 aromatic carbocycles. The summed E-state index contributed by atoms with van der Waals surface area (Å²) in [5.74, 6) is -0.103. The number of rotatable bonds is 4. The zero-order valence-electron chi connectivity index (χ0n) is 12.9. The van der Waals surface area contributed by atoms with Crippen molar-refractivity contribution in [2.24, 2.45) is 0 Å². The molecular formula is C17H17N3O2S. The van der Waals surface area contributed by atoms with Crippen molar-refractivity contribution in [3.8, 4) is 11.3 Å². The van der Waals surface area contributed by atoms with Crippen LogP contribution in [-0.2, 0) is 10.8 Å². The number of H-pyrrole nitrogens is 1. The van der Waals surface area contributed by atoms with E-state index in [4.69, 9.17) is 0 Å². The topological polar surface area (TPSA) is 74.8 Å². The van der Waals surface area contributed by atoms with Gasteiger partial charge in [0.25, 0.3) is 5.91 Å². The average molecular weight is 327 g/mol. The van der Waals surface area contributed by atoms with Crippen LogP contribution in [0.4, 0.5) is 0 Å². The first-order valence-electron chi connectivity index (χ1n) is 7.30. The van der Waals surface area contributed by atoms with Crippen LogP contribution in [0, 0.1) is 0 Å². The molecule has 0 radical (unpaired) electrons. The summed E-state index contributed by atoms with van der Waals surface area (Å²) >= 11 is 0. The van der Waals surface area contributed by atoms with Crippen molar-refractivity contribution < 1.29 is 9.00 Å². The van der Waals surface area contributed by atoms with E-state index in [9.17, 15) is 9.00 Å². The van der Waals surface area contributed by atoms with E-state index in [0.29, 0.717) is 12.1 Å². The van der Waals surface area contributed by atoms with Crippen molar-refractivity contribution in [2.75, 3.05) is 12.8 Å². The van der Waals surface area contributed by atoms with E-state index >= 15 is 0 Å². The molecule has 0 aliphatic heterocycles. The molecule has 0 aliphatic rings. The van der Waals surface area contributed by atoms with Crippen LogP contribution in [0.15, 0.2) is 47.4 Å². The Balaban J connectivity index is 2.05. The maximum atomic E-state index is 11.9. The fourth-order valence-corrected chi connectivity index (χ4v) is 3.03. The van der Waals surface area contributed by atoms with E-state index in [1.54, 1.807) is 18.4 Å². The maximum Gasteiger partial charge on any atom is 0.251 e. The number of aromatic nitrogens is 2. The highest BCUT2D eigenvalue weighted by atomic mass is 32.2. The van der Waals surface area contributed by atoms with Gasteiger partial charge in [0.1, 0.15) is 0 Å². The molecule has 0 saturated carbocycles. The fourth-order valence-electron chi connectivity index (χ4n) is 2.47. The zero-order valence-corrected chi connectivity index (χ0v) is 13.7. The number of benzene rings is 2. The van der Waals surface area contributed by atoms with Crippen LogP contribution in [0.2, 0.25) is 0 Å². The van der Waals surface area contributed by atoms with E-state index in [1.165, 1.54) is 0 Å². The number of nitrogens with zero attached hydrogens (tertiary/aromatic N) is 1. The monoisotopic (exact) mass is 327 g/mol. The van der Waals surface area contributed by atoms with Crippen LogP contribution in [0.1, 0.15) is 17.3 Å². The van der Waals surface area contributed by atoms with Crippen LogP contribution in [-0.4, -0.2) is 33.1 Å². The van der Waals surface area contributed by atoms with E-state index in [-0.39, 0.29) is 5.91 Å². The molecule has 3 aromatic rings. The summed E-state index contributed by atoms with van der Waals surface area (Å²) in [7, 11) is -1.04. The van der Waals surface area contributed by atoms with Crippen LogP contribution >= 0.6 is 0 Å². The van der Waals surface area contributed by atoms with E-state index in [2.05, 4.69) is 15.5 Å². The zero-order chi connectivity index (χ0) is 16.4. The summed E-state index contributed by atoms with van der Waals surface area (Å²) in [6.07, 6.45) is 1.65. The molecule has 1 amide bonds. The lowest BCUT2D eigenvalue weighted by molar-refractivity contribution is 0.0956. The van der Waals surface area contributed by atoms with Crippen molar-refractivity contribution in [1.29, 1.82) is 0 Å². The molecule has 2 N–H and O–H groups in total. The molecule has 23 heavy (non-hydrogen) atoms. The maximum absolute atomic E-state index is 11.9. The van der Waals surface area contributed by atoms with Crippen molar-refractivity contribution in [3.63, 3.8) is 0 Å². The second kappa shape index (κ2) is 6.34. The Kier molecular flexibility index (Phi) is 4.25. The highest BCUT2D eigenvalue weighted by Gasteiger charge is 2.12. The summed E-state index contributed by atoms with van der Waals surface area (Å²) in [6.45, 7) is 2.47. The molecule has 6 heteroatoms. The van der Waals surface area contributed by atoms with Crippen LogP contribution < -0.4 is 5.32 Å². The number of aromatic amines is 1.